The molecule has 0 aliphatic carbocycles. The van der Waals surface area contributed by atoms with Crippen molar-refractivity contribution in [3.8, 4) is 0 Å². The predicted octanol–water partition coefficient (Wildman–Crippen LogP) is 1.73. The first kappa shape index (κ1) is 11.9. The highest BCUT2D eigenvalue weighted by Gasteiger charge is 2.29. The van der Waals surface area contributed by atoms with Gasteiger partial charge in [-0.2, -0.15) is 0 Å². The molecule has 1 aliphatic rings. The lowest BCUT2D eigenvalue weighted by atomic mass is 10.1. The topological polar surface area (TPSA) is 41.6 Å². The van der Waals surface area contributed by atoms with Crippen molar-refractivity contribution in [2.24, 2.45) is 0 Å². The molecule has 1 heterocycles. The van der Waals surface area contributed by atoms with E-state index < -0.39 is 5.60 Å². The molecule has 0 bridgehead atoms. The van der Waals surface area contributed by atoms with Gasteiger partial charge in [0.05, 0.1) is 6.04 Å². The van der Waals surface area contributed by atoms with E-state index in [-0.39, 0.29) is 12.1 Å². The summed E-state index contributed by atoms with van der Waals surface area (Å²) in [4.78, 5) is 13.5. The zero-order chi connectivity index (χ0) is 11.6. The number of nitrogens with zero attached hydrogens (tertiary/aromatic N) is 1. The quantitative estimate of drug-likeness (QED) is 0.758. The summed E-state index contributed by atoms with van der Waals surface area (Å²) < 4.78 is 5.15. The Hall–Kier alpha value is -1.19. The first-order valence-electron chi connectivity index (χ1n) is 5.18. The molecule has 4 nitrogen and oxygen atoms in total. The van der Waals surface area contributed by atoms with Crippen LogP contribution in [0.1, 0.15) is 27.7 Å². The Bertz CT molecular complexity index is 262. The van der Waals surface area contributed by atoms with Gasteiger partial charge in [-0.3, -0.25) is 0 Å². The summed E-state index contributed by atoms with van der Waals surface area (Å²) >= 11 is 0. The summed E-state index contributed by atoms with van der Waals surface area (Å²) in [5.74, 6) is 0. The second-order valence-corrected chi connectivity index (χ2v) is 4.98. The maximum Gasteiger partial charge on any atom is 0.407 e. The Morgan fingerprint density at radius 1 is 1.47 bits per heavy atom. The molecule has 0 unspecified atom stereocenters. The van der Waals surface area contributed by atoms with Gasteiger partial charge in [0.25, 0.3) is 0 Å². The minimum atomic E-state index is -0.429. The van der Waals surface area contributed by atoms with Crippen LogP contribution in [0.4, 0.5) is 4.79 Å². The third-order valence-corrected chi connectivity index (χ3v) is 2.14. The number of hydrogen-bond acceptors (Lipinski definition) is 3. The molecule has 1 saturated heterocycles. The molecule has 0 aromatic carbocycles. The van der Waals surface area contributed by atoms with Crippen molar-refractivity contribution >= 4 is 6.09 Å². The highest BCUT2D eigenvalue weighted by Crippen LogP contribution is 2.14. The van der Waals surface area contributed by atoms with Gasteiger partial charge in [0.1, 0.15) is 5.60 Å². The fourth-order valence-electron chi connectivity index (χ4n) is 1.36. The molecular formula is C11H20N2O2. The van der Waals surface area contributed by atoms with Crippen LogP contribution in [0, 0.1) is 0 Å². The van der Waals surface area contributed by atoms with Gasteiger partial charge in [0.15, 0.2) is 0 Å². The van der Waals surface area contributed by atoms with Crippen LogP contribution in [0.5, 0.6) is 0 Å². The molecule has 1 amide bonds. The van der Waals surface area contributed by atoms with Gasteiger partial charge in [0, 0.05) is 18.8 Å². The van der Waals surface area contributed by atoms with E-state index in [1.54, 1.807) is 0 Å². The molecule has 0 radical (unpaired) electrons. The number of carbonyl (C=O) groups excluding carboxylic acids is 1. The highest BCUT2D eigenvalue weighted by atomic mass is 16.6. The largest absolute Gasteiger partial charge is 0.444 e. The zero-order valence-corrected chi connectivity index (χ0v) is 9.96. The molecule has 86 valence electrons. The fourth-order valence-corrected chi connectivity index (χ4v) is 1.36. The molecule has 1 rings (SSSR count). The van der Waals surface area contributed by atoms with Crippen molar-refractivity contribution in [3.05, 3.63) is 12.3 Å². The van der Waals surface area contributed by atoms with Crippen molar-refractivity contribution in [1.82, 2.24) is 10.2 Å². The van der Waals surface area contributed by atoms with Crippen LogP contribution in [0.2, 0.25) is 0 Å². The van der Waals surface area contributed by atoms with Crippen LogP contribution >= 0.6 is 0 Å². The first-order valence-corrected chi connectivity index (χ1v) is 5.18. The number of alkyl carbamates (subject to hydrolysis) is 1. The molecule has 0 atom stereocenters. The summed E-state index contributed by atoms with van der Waals surface area (Å²) in [6.45, 7) is 13.0. The van der Waals surface area contributed by atoms with E-state index in [9.17, 15) is 4.79 Å². The normalized spacial score (nSPS) is 16.9. The monoisotopic (exact) mass is 212 g/mol. The summed E-state index contributed by atoms with van der Waals surface area (Å²) in [5.41, 5.74) is 0.610. The zero-order valence-electron chi connectivity index (χ0n) is 9.96. The third-order valence-electron chi connectivity index (χ3n) is 2.14. The lowest BCUT2D eigenvalue weighted by Crippen LogP contribution is -2.58. The second kappa shape index (κ2) is 4.13. The molecule has 0 aromatic heterocycles. The smallest absolute Gasteiger partial charge is 0.407 e. The fraction of sp³-hybridized carbons (Fsp3) is 0.727. The van der Waals surface area contributed by atoms with Crippen LogP contribution in [-0.2, 0) is 4.74 Å². The van der Waals surface area contributed by atoms with Crippen LogP contribution < -0.4 is 5.32 Å². The minimum Gasteiger partial charge on any atom is -0.444 e. The summed E-state index contributed by atoms with van der Waals surface area (Å²) in [5, 5.41) is 2.81. The number of allylic oxidation sites excluding steroid dienone is 1. The molecule has 4 heteroatoms. The summed E-state index contributed by atoms with van der Waals surface area (Å²) in [6.07, 6.45) is -0.339. The van der Waals surface area contributed by atoms with Gasteiger partial charge >= 0.3 is 6.09 Å². The molecule has 1 N–H and O–H groups in total. The van der Waals surface area contributed by atoms with Crippen LogP contribution in [0.3, 0.4) is 0 Å². The van der Waals surface area contributed by atoms with Crippen LogP contribution in [0.25, 0.3) is 0 Å². The van der Waals surface area contributed by atoms with Crippen LogP contribution in [-0.4, -0.2) is 35.7 Å². The van der Waals surface area contributed by atoms with E-state index in [1.807, 2.05) is 27.7 Å². The van der Waals surface area contributed by atoms with E-state index in [2.05, 4.69) is 16.8 Å². The Balaban J connectivity index is 2.22. The maximum absolute atomic E-state index is 11.4. The molecule has 15 heavy (non-hydrogen) atoms. The average Bonchev–Trinajstić information content (AvgIpc) is 1.91. The third kappa shape index (κ3) is 3.81. The minimum absolute atomic E-state index is 0.191. The van der Waals surface area contributed by atoms with Gasteiger partial charge in [-0.1, -0.05) is 6.58 Å². The lowest BCUT2D eigenvalue weighted by Gasteiger charge is -2.41. The van der Waals surface area contributed by atoms with Gasteiger partial charge in [-0.25, -0.2) is 4.79 Å². The number of rotatable bonds is 2. The Labute approximate surface area is 91.3 Å². The molecule has 0 aromatic rings. The molecule has 1 fully saturated rings. The summed E-state index contributed by atoms with van der Waals surface area (Å²) in [6, 6.07) is 0.191. The first-order chi connectivity index (χ1) is 6.78. The SMILES string of the molecule is C=C(C)N1CC(NC(=O)OC(C)(C)C)C1. The predicted molar refractivity (Wildman–Crippen MR) is 59.5 cm³/mol. The van der Waals surface area contributed by atoms with E-state index in [0.29, 0.717) is 0 Å². The van der Waals surface area contributed by atoms with Crippen LogP contribution in [0.15, 0.2) is 12.3 Å². The van der Waals surface area contributed by atoms with E-state index in [1.165, 1.54) is 0 Å². The Morgan fingerprint density at radius 3 is 2.40 bits per heavy atom. The summed E-state index contributed by atoms with van der Waals surface area (Å²) in [7, 11) is 0. The number of hydrogen-bond donors (Lipinski definition) is 1. The second-order valence-electron chi connectivity index (χ2n) is 4.98. The number of carbonyl (C=O) groups is 1. The van der Waals surface area contributed by atoms with Gasteiger partial charge in [-0.15, -0.1) is 0 Å². The van der Waals surface area contributed by atoms with E-state index in [4.69, 9.17) is 4.74 Å². The molecular weight excluding hydrogens is 192 g/mol. The van der Waals surface area contributed by atoms with Crippen molar-refractivity contribution in [3.63, 3.8) is 0 Å². The number of nitrogens with one attached hydrogen (secondary N) is 1. The molecule has 0 saturated carbocycles. The number of ether oxygens (including phenoxy) is 1. The average molecular weight is 212 g/mol. The highest BCUT2D eigenvalue weighted by molar-refractivity contribution is 5.68. The van der Waals surface area contributed by atoms with E-state index >= 15 is 0 Å². The van der Waals surface area contributed by atoms with Crippen molar-refractivity contribution < 1.29 is 9.53 Å². The lowest BCUT2D eigenvalue weighted by molar-refractivity contribution is 0.0435. The van der Waals surface area contributed by atoms with Crippen molar-refractivity contribution in [1.29, 1.82) is 0 Å². The Morgan fingerprint density at radius 2 is 2.00 bits per heavy atom. The van der Waals surface area contributed by atoms with E-state index in [0.717, 1.165) is 18.8 Å². The standard InChI is InChI=1S/C11H20N2O2/c1-8(2)13-6-9(7-13)12-10(14)15-11(3,4)5/h9H,1,6-7H2,2-5H3,(H,12,14). The molecule has 1 aliphatic heterocycles. The van der Waals surface area contributed by atoms with Crippen molar-refractivity contribution in [2.75, 3.05) is 13.1 Å². The van der Waals surface area contributed by atoms with Gasteiger partial charge in [0.2, 0.25) is 0 Å². The maximum atomic E-state index is 11.4. The number of likely N-dealkylation sites (tertiary alicyclic amines) is 1. The van der Waals surface area contributed by atoms with Gasteiger partial charge in [-0.05, 0) is 27.7 Å². The van der Waals surface area contributed by atoms with Crippen molar-refractivity contribution in [2.45, 2.75) is 39.3 Å². The van der Waals surface area contributed by atoms with Gasteiger partial charge < -0.3 is 15.0 Å². The molecule has 0 spiro atoms. The number of amides is 1. The Kier molecular flexibility index (Phi) is 3.27.